The first kappa shape index (κ1) is 22.1. The predicted molar refractivity (Wildman–Crippen MR) is 101 cm³/mol. The number of benzene rings is 1. The second-order valence-electron chi connectivity index (χ2n) is 7.08. The molecular weight excluding hydrogens is 381 g/mol. The van der Waals surface area contributed by atoms with Crippen LogP contribution in [0.3, 0.4) is 0 Å². The Morgan fingerprint density at radius 3 is 2.37 bits per heavy atom. The van der Waals surface area contributed by atoms with Gasteiger partial charge in [-0.15, -0.1) is 25.6 Å². The van der Waals surface area contributed by atoms with Crippen LogP contribution in [0.25, 0.3) is 0 Å². The monoisotopic (exact) mass is 408 g/mol. The van der Waals surface area contributed by atoms with Crippen molar-refractivity contribution in [2.45, 2.75) is 44.5 Å². The third kappa shape index (κ3) is 5.90. The molecule has 1 aromatic carbocycles. The Labute approximate surface area is 164 Å². The highest BCUT2D eigenvalue weighted by Crippen LogP contribution is 2.43. The summed E-state index contributed by atoms with van der Waals surface area (Å²) in [7, 11) is 1.57. The quantitative estimate of drug-likeness (QED) is 0.775. The zero-order valence-corrected chi connectivity index (χ0v) is 16.4. The summed E-state index contributed by atoms with van der Waals surface area (Å²) in [5.41, 5.74) is 0.808. The Hall–Kier alpha value is -1.18. The number of rotatable bonds is 5. The number of methoxy groups -OCH3 is 1. The molecule has 1 atom stereocenters. The lowest BCUT2D eigenvalue weighted by Gasteiger charge is -2.41. The maximum absolute atomic E-state index is 12.7. The van der Waals surface area contributed by atoms with Crippen molar-refractivity contribution < 1.29 is 22.6 Å². The molecule has 154 valence electrons. The van der Waals surface area contributed by atoms with Gasteiger partial charge in [0.2, 0.25) is 0 Å². The van der Waals surface area contributed by atoms with Crippen LogP contribution in [0.15, 0.2) is 18.2 Å². The van der Waals surface area contributed by atoms with Crippen molar-refractivity contribution in [3.8, 4) is 11.5 Å². The predicted octanol–water partition coefficient (Wildman–Crippen LogP) is 4.54. The fourth-order valence-electron chi connectivity index (χ4n) is 4.30. The van der Waals surface area contributed by atoms with Gasteiger partial charge in [0.05, 0.1) is 7.11 Å². The molecule has 1 heterocycles. The molecule has 0 amide bonds. The normalized spacial score (nSPS) is 20.6. The Morgan fingerprint density at radius 1 is 1.11 bits per heavy atom. The van der Waals surface area contributed by atoms with Gasteiger partial charge in [-0.2, -0.15) is 0 Å². The minimum Gasteiger partial charge on any atom is -0.496 e. The number of hydrogen-bond acceptors (Lipinski definition) is 4. The number of piperazine rings is 1. The highest BCUT2D eigenvalue weighted by Gasteiger charge is 2.35. The fourth-order valence-corrected chi connectivity index (χ4v) is 4.30. The smallest absolute Gasteiger partial charge is 0.496 e. The molecule has 2 fully saturated rings. The van der Waals surface area contributed by atoms with Gasteiger partial charge in [0.25, 0.3) is 0 Å². The van der Waals surface area contributed by atoms with Gasteiger partial charge in [-0.05, 0) is 37.0 Å². The average molecular weight is 409 g/mol. The SMILES string of the molecule is COc1ccc(OC(F)(F)F)cc1[C@H](C1CCCCC1)N1CCNCC1.Cl. The van der Waals surface area contributed by atoms with E-state index in [0.29, 0.717) is 11.7 Å². The first-order chi connectivity index (χ1) is 12.5. The van der Waals surface area contributed by atoms with E-state index in [1.165, 1.54) is 31.4 Å². The molecule has 1 aromatic rings. The van der Waals surface area contributed by atoms with Crippen LogP contribution < -0.4 is 14.8 Å². The van der Waals surface area contributed by atoms with E-state index < -0.39 is 6.36 Å². The summed E-state index contributed by atoms with van der Waals surface area (Å²) in [5.74, 6) is 0.884. The summed E-state index contributed by atoms with van der Waals surface area (Å²) in [6, 6.07) is 4.50. The van der Waals surface area contributed by atoms with E-state index in [9.17, 15) is 13.2 Å². The summed E-state index contributed by atoms with van der Waals surface area (Å²) in [6.45, 7) is 3.55. The molecule has 0 spiro atoms. The molecule has 8 heteroatoms. The van der Waals surface area contributed by atoms with Crippen LogP contribution in [0.5, 0.6) is 11.5 Å². The highest BCUT2D eigenvalue weighted by atomic mass is 35.5. The zero-order valence-electron chi connectivity index (χ0n) is 15.6. The standard InChI is InChI=1S/C19H27F3N2O2.ClH/c1-25-17-8-7-15(26-19(20,21)22)13-16(17)18(14-5-3-2-4-6-14)24-11-9-23-10-12-24;/h7-8,13-14,18,23H,2-6,9-12H2,1H3;1H/t18-;/m0./s1. The topological polar surface area (TPSA) is 33.7 Å². The van der Waals surface area contributed by atoms with Crippen LogP contribution in [-0.4, -0.2) is 44.6 Å². The third-order valence-electron chi connectivity index (χ3n) is 5.39. The molecule has 0 aromatic heterocycles. The van der Waals surface area contributed by atoms with Gasteiger partial charge in [0, 0.05) is 37.8 Å². The van der Waals surface area contributed by atoms with E-state index in [2.05, 4.69) is 15.0 Å². The van der Waals surface area contributed by atoms with E-state index in [0.717, 1.165) is 44.6 Å². The van der Waals surface area contributed by atoms with Crippen molar-refractivity contribution >= 4 is 12.4 Å². The van der Waals surface area contributed by atoms with Crippen molar-refractivity contribution in [3.63, 3.8) is 0 Å². The molecule has 1 aliphatic heterocycles. The van der Waals surface area contributed by atoms with Crippen LogP contribution in [0.2, 0.25) is 0 Å². The Kier molecular flexibility index (Phi) is 8.06. The van der Waals surface area contributed by atoms with Gasteiger partial charge in [-0.3, -0.25) is 4.90 Å². The maximum atomic E-state index is 12.7. The summed E-state index contributed by atoms with van der Waals surface area (Å²) >= 11 is 0. The van der Waals surface area contributed by atoms with Crippen LogP contribution in [0.4, 0.5) is 13.2 Å². The molecule has 1 N–H and O–H groups in total. The number of ether oxygens (including phenoxy) is 2. The number of alkyl halides is 3. The largest absolute Gasteiger partial charge is 0.573 e. The lowest BCUT2D eigenvalue weighted by atomic mass is 9.79. The van der Waals surface area contributed by atoms with Crippen molar-refractivity contribution in [2.75, 3.05) is 33.3 Å². The Morgan fingerprint density at radius 2 is 1.78 bits per heavy atom. The molecule has 2 aliphatic rings. The van der Waals surface area contributed by atoms with Gasteiger partial charge in [0.15, 0.2) is 0 Å². The summed E-state index contributed by atoms with van der Waals surface area (Å²) < 4.78 is 47.8. The minimum atomic E-state index is -4.69. The number of nitrogens with one attached hydrogen (secondary N) is 1. The van der Waals surface area contributed by atoms with E-state index in [1.807, 2.05) is 0 Å². The lowest BCUT2D eigenvalue weighted by molar-refractivity contribution is -0.274. The van der Waals surface area contributed by atoms with E-state index >= 15 is 0 Å². The van der Waals surface area contributed by atoms with E-state index in [4.69, 9.17) is 4.74 Å². The number of halogens is 4. The van der Waals surface area contributed by atoms with Crippen molar-refractivity contribution in [1.82, 2.24) is 10.2 Å². The minimum absolute atomic E-state index is 0. The van der Waals surface area contributed by atoms with Gasteiger partial charge in [-0.25, -0.2) is 0 Å². The second-order valence-corrected chi connectivity index (χ2v) is 7.08. The fraction of sp³-hybridized carbons (Fsp3) is 0.684. The van der Waals surface area contributed by atoms with E-state index in [1.54, 1.807) is 13.2 Å². The summed E-state index contributed by atoms with van der Waals surface area (Å²) in [6.07, 6.45) is 1.09. The Balaban J connectivity index is 0.00000261. The average Bonchev–Trinajstić information content (AvgIpc) is 2.63. The summed E-state index contributed by atoms with van der Waals surface area (Å²) in [5, 5.41) is 3.35. The molecule has 0 unspecified atom stereocenters. The number of hydrogen-bond donors (Lipinski definition) is 1. The van der Waals surface area contributed by atoms with Crippen LogP contribution in [-0.2, 0) is 0 Å². The van der Waals surface area contributed by atoms with Gasteiger partial charge in [0.1, 0.15) is 11.5 Å². The third-order valence-corrected chi connectivity index (χ3v) is 5.39. The van der Waals surface area contributed by atoms with E-state index in [-0.39, 0.29) is 24.2 Å². The molecular formula is C19H28ClF3N2O2. The second kappa shape index (κ2) is 9.85. The first-order valence-electron chi connectivity index (χ1n) is 9.36. The molecule has 1 saturated carbocycles. The van der Waals surface area contributed by atoms with Crippen molar-refractivity contribution in [2.24, 2.45) is 5.92 Å². The lowest BCUT2D eigenvalue weighted by Crippen LogP contribution is -2.47. The number of nitrogens with zero attached hydrogens (tertiary/aromatic N) is 1. The first-order valence-corrected chi connectivity index (χ1v) is 9.36. The molecule has 0 bridgehead atoms. The maximum Gasteiger partial charge on any atom is 0.573 e. The van der Waals surface area contributed by atoms with Gasteiger partial charge >= 0.3 is 6.36 Å². The van der Waals surface area contributed by atoms with Gasteiger partial charge in [-0.1, -0.05) is 19.3 Å². The van der Waals surface area contributed by atoms with Crippen LogP contribution in [0.1, 0.15) is 43.7 Å². The molecule has 4 nitrogen and oxygen atoms in total. The zero-order chi connectivity index (χ0) is 18.6. The Bertz CT molecular complexity index is 571. The molecule has 1 saturated heterocycles. The van der Waals surface area contributed by atoms with Crippen LogP contribution >= 0.6 is 12.4 Å². The summed E-state index contributed by atoms with van der Waals surface area (Å²) in [4.78, 5) is 2.39. The van der Waals surface area contributed by atoms with Crippen molar-refractivity contribution in [3.05, 3.63) is 23.8 Å². The molecule has 3 rings (SSSR count). The van der Waals surface area contributed by atoms with Crippen molar-refractivity contribution in [1.29, 1.82) is 0 Å². The van der Waals surface area contributed by atoms with Crippen LogP contribution in [0, 0.1) is 5.92 Å². The highest BCUT2D eigenvalue weighted by molar-refractivity contribution is 5.85. The molecule has 1 aliphatic carbocycles. The van der Waals surface area contributed by atoms with Gasteiger partial charge < -0.3 is 14.8 Å². The molecule has 27 heavy (non-hydrogen) atoms. The molecule has 0 radical (unpaired) electrons.